The van der Waals surface area contributed by atoms with Crippen molar-refractivity contribution < 1.29 is 9.72 Å². The fourth-order valence-electron chi connectivity index (χ4n) is 1.76. The Bertz CT molecular complexity index is 521. The molecule has 0 aromatic heterocycles. The van der Waals surface area contributed by atoms with Crippen LogP contribution in [0.15, 0.2) is 18.2 Å². The second-order valence-corrected chi connectivity index (χ2v) is 7.16. The summed E-state index contributed by atoms with van der Waals surface area (Å²) >= 11 is 9.63. The van der Waals surface area contributed by atoms with Gasteiger partial charge in [0.1, 0.15) is 0 Å². The highest BCUT2D eigenvalue weighted by Gasteiger charge is 2.18. The molecule has 0 spiro atoms. The summed E-state index contributed by atoms with van der Waals surface area (Å²) in [5.74, 6) is 2.87. The maximum Gasteiger partial charge on any atom is 0.270 e. The number of nitrogens with one attached hydrogen (secondary N) is 1. The first-order valence-electron chi connectivity index (χ1n) is 5.99. The van der Waals surface area contributed by atoms with E-state index >= 15 is 0 Å². The van der Waals surface area contributed by atoms with Gasteiger partial charge < -0.3 is 5.32 Å². The monoisotopic (exact) mass is 332 g/mol. The molecule has 0 aliphatic carbocycles. The van der Waals surface area contributed by atoms with E-state index in [4.69, 9.17) is 11.6 Å². The maximum atomic E-state index is 12.0. The average molecular weight is 333 g/mol. The zero-order chi connectivity index (χ0) is 14.5. The number of thioether (sulfide) groups is 2. The second kappa shape index (κ2) is 7.19. The lowest BCUT2D eigenvalue weighted by Gasteiger charge is -2.21. The molecular weight excluding hydrogens is 320 g/mol. The van der Waals surface area contributed by atoms with Crippen LogP contribution in [0.25, 0.3) is 0 Å². The third kappa shape index (κ3) is 4.04. The first-order chi connectivity index (χ1) is 9.58. The average Bonchev–Trinajstić information content (AvgIpc) is 2.46. The summed E-state index contributed by atoms with van der Waals surface area (Å²) in [6.07, 6.45) is 0. The summed E-state index contributed by atoms with van der Waals surface area (Å²) in [5, 5.41) is 14.1. The molecule has 2 rings (SSSR count). The first kappa shape index (κ1) is 15.5. The Hall–Kier alpha value is -0.920. The molecule has 1 atom stereocenters. The van der Waals surface area contributed by atoms with E-state index in [2.05, 4.69) is 5.32 Å². The molecule has 8 heteroatoms. The number of amides is 1. The van der Waals surface area contributed by atoms with Crippen LogP contribution < -0.4 is 5.32 Å². The van der Waals surface area contributed by atoms with Gasteiger partial charge in [-0.3, -0.25) is 14.9 Å². The Morgan fingerprint density at radius 1 is 1.50 bits per heavy atom. The van der Waals surface area contributed by atoms with Gasteiger partial charge in [-0.15, -0.1) is 0 Å². The molecule has 1 fully saturated rings. The van der Waals surface area contributed by atoms with Crippen molar-refractivity contribution in [3.8, 4) is 0 Å². The molecule has 1 aliphatic heterocycles. The van der Waals surface area contributed by atoms with Crippen LogP contribution in [-0.4, -0.2) is 39.9 Å². The van der Waals surface area contributed by atoms with Gasteiger partial charge >= 0.3 is 0 Å². The van der Waals surface area contributed by atoms with Gasteiger partial charge in [-0.25, -0.2) is 0 Å². The molecule has 1 heterocycles. The van der Waals surface area contributed by atoms with Crippen molar-refractivity contribution in [3.63, 3.8) is 0 Å². The molecule has 1 aromatic carbocycles. The lowest BCUT2D eigenvalue weighted by atomic mass is 10.2. The maximum absolute atomic E-state index is 12.0. The lowest BCUT2D eigenvalue weighted by molar-refractivity contribution is -0.384. The van der Waals surface area contributed by atoms with E-state index in [1.165, 1.54) is 18.2 Å². The highest BCUT2D eigenvalue weighted by molar-refractivity contribution is 8.06. The normalized spacial score (nSPS) is 18.6. The van der Waals surface area contributed by atoms with E-state index in [0.717, 1.165) is 17.3 Å². The molecular formula is C12H13ClN2O3S2. The molecule has 108 valence electrons. The predicted molar refractivity (Wildman–Crippen MR) is 84.0 cm³/mol. The summed E-state index contributed by atoms with van der Waals surface area (Å²) < 4.78 is 0. The molecule has 1 N–H and O–H groups in total. The van der Waals surface area contributed by atoms with Crippen LogP contribution in [0.3, 0.4) is 0 Å². The number of hydrogen-bond acceptors (Lipinski definition) is 5. The van der Waals surface area contributed by atoms with Crippen molar-refractivity contribution in [2.75, 3.05) is 23.8 Å². The molecule has 0 radical (unpaired) electrons. The number of rotatable bonds is 4. The van der Waals surface area contributed by atoms with E-state index < -0.39 is 4.92 Å². The number of benzene rings is 1. The molecule has 1 saturated heterocycles. The Morgan fingerprint density at radius 3 is 2.95 bits per heavy atom. The summed E-state index contributed by atoms with van der Waals surface area (Å²) in [7, 11) is 0. The number of halogens is 1. The molecule has 1 aliphatic rings. The highest BCUT2D eigenvalue weighted by atomic mass is 35.5. The van der Waals surface area contributed by atoms with Gasteiger partial charge in [0.05, 0.1) is 15.5 Å². The van der Waals surface area contributed by atoms with Crippen molar-refractivity contribution in [3.05, 3.63) is 38.9 Å². The number of nitro groups is 1. The van der Waals surface area contributed by atoms with Crippen molar-refractivity contribution in [1.29, 1.82) is 0 Å². The number of hydrogen-bond donors (Lipinski definition) is 1. The molecule has 5 nitrogen and oxygen atoms in total. The minimum absolute atomic E-state index is 0.137. The summed E-state index contributed by atoms with van der Waals surface area (Å²) in [6, 6.07) is 3.87. The minimum atomic E-state index is -0.541. The number of nitrogens with zero attached hydrogens (tertiary/aromatic N) is 1. The fourth-order valence-corrected chi connectivity index (χ4v) is 4.57. The van der Waals surface area contributed by atoms with Crippen molar-refractivity contribution in [2.45, 2.75) is 5.25 Å². The van der Waals surface area contributed by atoms with Gasteiger partial charge in [0, 0.05) is 41.2 Å². The van der Waals surface area contributed by atoms with Crippen LogP contribution in [-0.2, 0) is 0 Å². The Morgan fingerprint density at radius 2 is 2.30 bits per heavy atom. The minimum Gasteiger partial charge on any atom is -0.351 e. The Labute approximate surface area is 130 Å². The smallest absolute Gasteiger partial charge is 0.270 e. The van der Waals surface area contributed by atoms with Gasteiger partial charge in [0.2, 0.25) is 0 Å². The highest BCUT2D eigenvalue weighted by Crippen LogP contribution is 2.24. The van der Waals surface area contributed by atoms with Crippen LogP contribution in [0.2, 0.25) is 5.02 Å². The quantitative estimate of drug-likeness (QED) is 0.678. The predicted octanol–water partition coefficient (Wildman–Crippen LogP) is 2.83. The number of nitro benzene ring substituents is 1. The van der Waals surface area contributed by atoms with E-state index in [0.29, 0.717) is 11.8 Å². The van der Waals surface area contributed by atoms with Crippen LogP contribution in [0, 0.1) is 10.1 Å². The summed E-state index contributed by atoms with van der Waals surface area (Å²) in [4.78, 5) is 22.2. The van der Waals surface area contributed by atoms with Gasteiger partial charge in [0.25, 0.3) is 11.6 Å². The van der Waals surface area contributed by atoms with Crippen LogP contribution in [0.1, 0.15) is 10.4 Å². The van der Waals surface area contributed by atoms with E-state index in [1.54, 1.807) is 0 Å². The molecule has 1 aromatic rings. The zero-order valence-electron chi connectivity index (χ0n) is 10.5. The SMILES string of the molecule is O=C(NCC1CSCCS1)c1cc([N+](=O)[O-])ccc1Cl. The lowest BCUT2D eigenvalue weighted by Crippen LogP contribution is -2.33. The van der Waals surface area contributed by atoms with Crippen molar-refractivity contribution >= 4 is 46.7 Å². The third-order valence-electron chi connectivity index (χ3n) is 2.78. The van der Waals surface area contributed by atoms with Gasteiger partial charge in [0.15, 0.2) is 0 Å². The fraction of sp³-hybridized carbons (Fsp3) is 0.417. The van der Waals surface area contributed by atoms with Crippen LogP contribution in [0.4, 0.5) is 5.69 Å². The second-order valence-electron chi connectivity index (χ2n) is 4.20. The van der Waals surface area contributed by atoms with Gasteiger partial charge in [-0.1, -0.05) is 11.6 Å². The van der Waals surface area contributed by atoms with Crippen molar-refractivity contribution in [2.24, 2.45) is 0 Å². The summed E-state index contributed by atoms with van der Waals surface area (Å²) in [5.41, 5.74) is 0.0106. The molecule has 20 heavy (non-hydrogen) atoms. The largest absolute Gasteiger partial charge is 0.351 e. The van der Waals surface area contributed by atoms with Crippen LogP contribution >= 0.6 is 35.1 Å². The molecule has 1 amide bonds. The first-order valence-corrected chi connectivity index (χ1v) is 8.57. The van der Waals surface area contributed by atoms with E-state index in [9.17, 15) is 14.9 Å². The third-order valence-corrected chi connectivity index (χ3v) is 5.96. The Kier molecular flexibility index (Phi) is 5.56. The number of carbonyl (C=O) groups excluding carboxylic acids is 1. The topological polar surface area (TPSA) is 72.2 Å². The number of non-ortho nitro benzene ring substituents is 1. The molecule has 0 saturated carbocycles. The standard InChI is InChI=1S/C12H13ClN2O3S2/c13-11-2-1-8(15(17)18)5-10(11)12(16)14-6-9-7-19-3-4-20-9/h1-2,5,9H,3-4,6-7H2,(H,14,16). The molecule has 0 bridgehead atoms. The van der Waals surface area contributed by atoms with Gasteiger partial charge in [-0.2, -0.15) is 23.5 Å². The summed E-state index contributed by atoms with van der Waals surface area (Å²) in [6.45, 7) is 0.551. The Balaban J connectivity index is 2.00. The number of carbonyl (C=O) groups is 1. The van der Waals surface area contributed by atoms with Crippen LogP contribution in [0.5, 0.6) is 0 Å². The van der Waals surface area contributed by atoms with Crippen molar-refractivity contribution in [1.82, 2.24) is 5.32 Å². The van der Waals surface area contributed by atoms with E-state index in [1.807, 2.05) is 23.5 Å². The van der Waals surface area contributed by atoms with Gasteiger partial charge in [-0.05, 0) is 6.07 Å². The zero-order valence-corrected chi connectivity index (χ0v) is 12.9. The van der Waals surface area contributed by atoms with E-state index in [-0.39, 0.29) is 22.2 Å². The molecule has 1 unspecified atom stereocenters.